The molecule has 0 saturated heterocycles. The maximum atomic E-state index is 13.5. The van der Waals surface area contributed by atoms with Crippen LogP contribution in [0.25, 0.3) is 0 Å². The molecule has 2 unspecified atom stereocenters. The zero-order valence-corrected chi connectivity index (χ0v) is 24.8. The highest BCUT2D eigenvalue weighted by atomic mass is 16.6. The minimum Gasteiger partial charge on any atom is -0.449 e. The highest BCUT2D eigenvalue weighted by molar-refractivity contribution is 5.96. The molecule has 0 fully saturated rings. The van der Waals surface area contributed by atoms with Crippen LogP contribution in [-0.2, 0) is 9.47 Å². The summed E-state index contributed by atoms with van der Waals surface area (Å²) in [5.41, 5.74) is 2.91. The number of benzene rings is 4. The monoisotopic (exact) mass is 564 g/mol. The number of para-hydroxylation sites is 4. The number of carbonyl (C=O) groups excluding carboxylic acids is 2. The van der Waals surface area contributed by atoms with E-state index in [0.717, 1.165) is 22.7 Å². The van der Waals surface area contributed by atoms with E-state index >= 15 is 0 Å². The summed E-state index contributed by atoms with van der Waals surface area (Å²) >= 11 is 0. The molecule has 218 valence electrons. The summed E-state index contributed by atoms with van der Waals surface area (Å²) in [4.78, 5) is 30.3. The Kier molecular flexibility index (Phi) is 10.8. The fourth-order valence-electron chi connectivity index (χ4n) is 5.11. The molecule has 0 aliphatic rings. The van der Waals surface area contributed by atoms with Gasteiger partial charge in [-0.15, -0.1) is 0 Å². The fourth-order valence-corrected chi connectivity index (χ4v) is 5.11. The van der Waals surface area contributed by atoms with Gasteiger partial charge in [0.1, 0.15) is 0 Å². The van der Waals surface area contributed by atoms with Crippen molar-refractivity contribution in [2.45, 2.75) is 27.7 Å². The lowest BCUT2D eigenvalue weighted by Gasteiger charge is -2.33. The molecule has 2 amide bonds. The molecular formula is C36H40N2O4. The van der Waals surface area contributed by atoms with Crippen molar-refractivity contribution in [3.8, 4) is 0 Å². The summed E-state index contributed by atoms with van der Waals surface area (Å²) in [5, 5.41) is 0. The van der Waals surface area contributed by atoms with Gasteiger partial charge in [0.15, 0.2) is 0 Å². The average molecular weight is 565 g/mol. The number of ether oxygens (including phenoxy) is 2. The molecule has 0 aromatic heterocycles. The second-order valence-corrected chi connectivity index (χ2v) is 11.0. The Morgan fingerprint density at radius 1 is 0.476 bits per heavy atom. The number of hydrogen-bond donors (Lipinski definition) is 0. The topological polar surface area (TPSA) is 59.1 Å². The van der Waals surface area contributed by atoms with E-state index in [1.165, 1.54) is 0 Å². The molecule has 4 aromatic rings. The van der Waals surface area contributed by atoms with Gasteiger partial charge in [-0.3, -0.25) is 0 Å². The molecule has 0 N–H and O–H groups in total. The van der Waals surface area contributed by atoms with Gasteiger partial charge >= 0.3 is 12.2 Å². The third kappa shape index (κ3) is 7.78. The first-order valence-corrected chi connectivity index (χ1v) is 14.5. The number of rotatable bonds is 11. The Morgan fingerprint density at radius 3 is 0.929 bits per heavy atom. The average Bonchev–Trinajstić information content (AvgIpc) is 3.01. The molecule has 0 saturated carbocycles. The third-order valence-electron chi connectivity index (χ3n) is 7.48. The summed E-state index contributed by atoms with van der Waals surface area (Å²) in [7, 11) is 0. The Hall–Kier alpha value is -4.58. The normalized spacial score (nSPS) is 12.4. The summed E-state index contributed by atoms with van der Waals surface area (Å²) in [5.74, 6) is 0.310. The molecule has 0 heterocycles. The van der Waals surface area contributed by atoms with Crippen LogP contribution in [0.15, 0.2) is 121 Å². The van der Waals surface area contributed by atoms with Crippen LogP contribution in [0.1, 0.15) is 27.7 Å². The molecule has 42 heavy (non-hydrogen) atoms. The molecular weight excluding hydrogens is 524 g/mol. The molecule has 2 atom stereocenters. The summed E-state index contributed by atoms with van der Waals surface area (Å²) in [6, 6.07) is 37.9. The van der Waals surface area contributed by atoms with Crippen LogP contribution in [0.2, 0.25) is 0 Å². The molecule has 6 nitrogen and oxygen atoms in total. The zero-order valence-electron chi connectivity index (χ0n) is 24.8. The lowest BCUT2D eigenvalue weighted by molar-refractivity contribution is 0.0425. The second kappa shape index (κ2) is 14.9. The van der Waals surface area contributed by atoms with Gasteiger partial charge in [-0.1, -0.05) is 100 Å². The van der Waals surface area contributed by atoms with Crippen LogP contribution in [-0.4, -0.2) is 25.4 Å². The van der Waals surface area contributed by atoms with Crippen molar-refractivity contribution in [3.63, 3.8) is 0 Å². The smallest absolute Gasteiger partial charge is 0.418 e. The highest BCUT2D eigenvalue weighted by Gasteiger charge is 2.32. The van der Waals surface area contributed by atoms with Gasteiger partial charge in [0.2, 0.25) is 0 Å². The van der Waals surface area contributed by atoms with Gasteiger partial charge in [-0.05, 0) is 60.4 Å². The fraction of sp³-hybridized carbons (Fsp3) is 0.278. The van der Waals surface area contributed by atoms with Gasteiger partial charge in [0, 0.05) is 11.8 Å². The van der Waals surface area contributed by atoms with Crippen molar-refractivity contribution in [1.29, 1.82) is 0 Å². The largest absolute Gasteiger partial charge is 0.449 e. The Morgan fingerprint density at radius 2 is 0.714 bits per heavy atom. The van der Waals surface area contributed by atoms with Crippen molar-refractivity contribution in [2.75, 3.05) is 23.0 Å². The van der Waals surface area contributed by atoms with E-state index in [4.69, 9.17) is 9.47 Å². The van der Waals surface area contributed by atoms with E-state index in [-0.39, 0.29) is 36.9 Å². The van der Waals surface area contributed by atoms with E-state index in [1.807, 2.05) is 121 Å². The third-order valence-corrected chi connectivity index (χ3v) is 7.48. The van der Waals surface area contributed by atoms with E-state index in [1.54, 1.807) is 9.80 Å². The molecule has 6 heteroatoms. The van der Waals surface area contributed by atoms with Crippen LogP contribution >= 0.6 is 0 Å². The number of nitrogens with zero attached hydrogens (tertiary/aromatic N) is 2. The first-order valence-electron chi connectivity index (χ1n) is 14.5. The van der Waals surface area contributed by atoms with Gasteiger partial charge in [0.05, 0.1) is 36.0 Å². The molecule has 0 aliphatic carbocycles. The molecule has 0 aliphatic heterocycles. The summed E-state index contributed by atoms with van der Waals surface area (Å²) in [6.07, 6.45) is -0.895. The SMILES string of the molecule is CC(C)C(COC(=O)N(c1ccccc1)c1ccccc1)C(COC(=O)N(c1ccccc1)c1ccccc1)C(C)C. The van der Waals surface area contributed by atoms with Crippen LogP contribution < -0.4 is 9.80 Å². The first-order chi connectivity index (χ1) is 20.4. The Labute approximate surface area is 249 Å². The van der Waals surface area contributed by atoms with Crippen LogP contribution in [0, 0.1) is 23.7 Å². The van der Waals surface area contributed by atoms with Crippen molar-refractivity contribution in [2.24, 2.45) is 23.7 Å². The van der Waals surface area contributed by atoms with Crippen LogP contribution in [0.3, 0.4) is 0 Å². The molecule has 4 aromatic carbocycles. The lowest BCUT2D eigenvalue weighted by Crippen LogP contribution is -2.37. The number of anilines is 4. The molecule has 0 spiro atoms. The van der Waals surface area contributed by atoms with Crippen molar-refractivity contribution in [1.82, 2.24) is 0 Å². The lowest BCUT2D eigenvalue weighted by atomic mass is 9.78. The van der Waals surface area contributed by atoms with Gasteiger partial charge in [-0.25, -0.2) is 19.4 Å². The van der Waals surface area contributed by atoms with Crippen LogP contribution in [0.4, 0.5) is 32.3 Å². The summed E-state index contributed by atoms with van der Waals surface area (Å²) in [6.45, 7) is 8.86. The summed E-state index contributed by atoms with van der Waals surface area (Å²) < 4.78 is 12.0. The van der Waals surface area contributed by atoms with Crippen molar-refractivity contribution < 1.29 is 19.1 Å². The number of amides is 2. The Bertz CT molecular complexity index is 1190. The standard InChI is InChI=1S/C36H40N2O4/c1-27(2)33(25-41-35(39)37(29-17-9-5-10-18-29)30-19-11-6-12-20-30)34(28(3)4)26-42-36(40)38(31-21-13-7-14-22-31)32-23-15-8-16-24-32/h5-24,27-28,33-34H,25-26H2,1-4H3. The zero-order chi connectivity index (χ0) is 29.9. The van der Waals surface area contributed by atoms with Gasteiger partial charge in [0.25, 0.3) is 0 Å². The quantitative estimate of drug-likeness (QED) is 0.182. The van der Waals surface area contributed by atoms with E-state index in [0.29, 0.717) is 0 Å². The van der Waals surface area contributed by atoms with E-state index in [9.17, 15) is 9.59 Å². The highest BCUT2D eigenvalue weighted by Crippen LogP contribution is 2.32. The van der Waals surface area contributed by atoms with Gasteiger partial charge in [-0.2, -0.15) is 0 Å². The first kappa shape index (κ1) is 30.4. The molecule has 4 rings (SSSR count). The Balaban J connectivity index is 1.50. The van der Waals surface area contributed by atoms with Crippen molar-refractivity contribution >= 4 is 34.9 Å². The minimum atomic E-state index is -0.447. The minimum absolute atomic E-state index is 0.0305. The maximum absolute atomic E-state index is 13.5. The second-order valence-electron chi connectivity index (χ2n) is 11.0. The number of carbonyl (C=O) groups is 2. The number of hydrogen-bond acceptors (Lipinski definition) is 4. The van der Waals surface area contributed by atoms with E-state index < -0.39 is 12.2 Å². The van der Waals surface area contributed by atoms with E-state index in [2.05, 4.69) is 27.7 Å². The van der Waals surface area contributed by atoms with Crippen LogP contribution in [0.5, 0.6) is 0 Å². The molecule has 0 radical (unpaired) electrons. The molecule has 0 bridgehead atoms. The predicted molar refractivity (Wildman–Crippen MR) is 169 cm³/mol. The predicted octanol–water partition coefficient (Wildman–Crippen LogP) is 9.48. The van der Waals surface area contributed by atoms with Crippen molar-refractivity contribution in [3.05, 3.63) is 121 Å². The maximum Gasteiger partial charge on any atom is 0.418 e. The van der Waals surface area contributed by atoms with Gasteiger partial charge < -0.3 is 9.47 Å².